The first-order chi connectivity index (χ1) is 14.2. The molecule has 1 atom stereocenters. The van der Waals surface area contributed by atoms with Gasteiger partial charge in [0.05, 0.1) is 11.1 Å². The molecule has 1 unspecified atom stereocenters. The SMILES string of the molecule is Cc1cc(C=C(C(=O)OCc2cccc(C(F)(F)F)c2)C(O)c2cccnc2)cs1. The molecule has 0 fully saturated rings. The number of carbonyl (C=O) groups excluding carboxylic acids is 1. The number of benzene rings is 1. The summed E-state index contributed by atoms with van der Waals surface area (Å²) in [7, 11) is 0. The van der Waals surface area contributed by atoms with Crippen LogP contribution in [-0.4, -0.2) is 16.1 Å². The van der Waals surface area contributed by atoms with E-state index in [9.17, 15) is 23.1 Å². The maximum absolute atomic E-state index is 12.9. The van der Waals surface area contributed by atoms with Gasteiger partial charge in [0.1, 0.15) is 12.7 Å². The standard InChI is InChI=1S/C22H18F3NO3S/c1-14-8-16(13-30-14)10-19(20(27)17-5-3-7-26-11-17)21(28)29-12-15-4-2-6-18(9-15)22(23,24)25/h2-11,13,20,27H,12H2,1H3. The lowest BCUT2D eigenvalue weighted by Gasteiger charge is -2.15. The van der Waals surface area contributed by atoms with Crippen molar-refractivity contribution >= 4 is 23.4 Å². The second kappa shape index (κ2) is 9.23. The quantitative estimate of drug-likeness (QED) is 0.422. The first-order valence-electron chi connectivity index (χ1n) is 8.92. The minimum atomic E-state index is -4.49. The highest BCUT2D eigenvalue weighted by Crippen LogP contribution is 2.30. The fourth-order valence-corrected chi connectivity index (χ4v) is 3.42. The number of aromatic nitrogens is 1. The number of hydrogen-bond donors (Lipinski definition) is 1. The van der Waals surface area contributed by atoms with Crippen molar-refractivity contribution in [2.45, 2.75) is 25.8 Å². The fourth-order valence-electron chi connectivity index (χ4n) is 2.76. The number of carbonyl (C=O) groups is 1. The minimum absolute atomic E-state index is 0.0345. The number of pyridine rings is 1. The van der Waals surface area contributed by atoms with Crippen molar-refractivity contribution in [1.82, 2.24) is 4.98 Å². The summed E-state index contributed by atoms with van der Waals surface area (Å²) in [5.41, 5.74) is 0.446. The summed E-state index contributed by atoms with van der Waals surface area (Å²) in [6.45, 7) is 1.55. The van der Waals surface area contributed by atoms with Gasteiger partial charge in [0.2, 0.25) is 0 Å². The predicted molar refractivity (Wildman–Crippen MR) is 107 cm³/mol. The molecule has 156 valence electrons. The maximum Gasteiger partial charge on any atom is 0.416 e. The van der Waals surface area contributed by atoms with Crippen molar-refractivity contribution in [3.8, 4) is 0 Å². The van der Waals surface area contributed by atoms with Gasteiger partial charge < -0.3 is 9.84 Å². The minimum Gasteiger partial charge on any atom is -0.457 e. The molecule has 4 nitrogen and oxygen atoms in total. The molecule has 1 N–H and O–H groups in total. The van der Waals surface area contributed by atoms with E-state index in [1.54, 1.807) is 12.1 Å². The molecule has 0 amide bonds. The van der Waals surface area contributed by atoms with Gasteiger partial charge in [-0.05, 0) is 53.8 Å². The van der Waals surface area contributed by atoms with Gasteiger partial charge >= 0.3 is 12.1 Å². The number of aliphatic hydroxyl groups is 1. The Hall–Kier alpha value is -2.97. The van der Waals surface area contributed by atoms with Crippen LogP contribution in [0.25, 0.3) is 6.08 Å². The van der Waals surface area contributed by atoms with Crippen LogP contribution >= 0.6 is 11.3 Å². The van der Waals surface area contributed by atoms with Crippen LogP contribution in [0.5, 0.6) is 0 Å². The highest BCUT2D eigenvalue weighted by Gasteiger charge is 2.30. The van der Waals surface area contributed by atoms with Crippen LogP contribution in [0.3, 0.4) is 0 Å². The molecule has 0 aliphatic rings. The molecule has 3 aromatic rings. The zero-order chi connectivity index (χ0) is 21.7. The van der Waals surface area contributed by atoms with Gasteiger partial charge in [-0.15, -0.1) is 11.3 Å². The lowest BCUT2D eigenvalue weighted by molar-refractivity contribution is -0.141. The van der Waals surface area contributed by atoms with Gasteiger partial charge in [-0.3, -0.25) is 4.98 Å². The van der Waals surface area contributed by atoms with E-state index < -0.39 is 23.8 Å². The maximum atomic E-state index is 12.9. The molecule has 0 saturated carbocycles. The number of aryl methyl sites for hydroxylation is 1. The fraction of sp³-hybridized carbons (Fsp3) is 0.182. The first-order valence-corrected chi connectivity index (χ1v) is 9.80. The number of alkyl halides is 3. The highest BCUT2D eigenvalue weighted by atomic mass is 32.1. The van der Waals surface area contributed by atoms with Gasteiger partial charge in [-0.1, -0.05) is 18.2 Å². The zero-order valence-electron chi connectivity index (χ0n) is 15.9. The molecule has 0 bridgehead atoms. The number of hydrogen-bond acceptors (Lipinski definition) is 5. The summed E-state index contributed by atoms with van der Waals surface area (Å²) >= 11 is 1.48. The molecule has 0 aliphatic heterocycles. The highest BCUT2D eigenvalue weighted by molar-refractivity contribution is 7.10. The summed E-state index contributed by atoms with van der Waals surface area (Å²) in [6, 6.07) is 9.65. The van der Waals surface area contributed by atoms with Gasteiger partial charge in [0.25, 0.3) is 0 Å². The number of ether oxygens (including phenoxy) is 1. The Labute approximate surface area is 175 Å². The number of halogens is 3. The summed E-state index contributed by atoms with van der Waals surface area (Å²) in [6.07, 6.45) is -1.31. The van der Waals surface area contributed by atoms with Crippen LogP contribution < -0.4 is 0 Å². The molecular formula is C22H18F3NO3S. The molecule has 3 rings (SSSR count). The number of nitrogens with zero attached hydrogens (tertiary/aromatic N) is 1. The third kappa shape index (κ3) is 5.55. The van der Waals surface area contributed by atoms with E-state index in [2.05, 4.69) is 4.98 Å². The number of esters is 1. The first kappa shape index (κ1) is 21.7. The summed E-state index contributed by atoms with van der Waals surface area (Å²) < 4.78 is 43.9. The van der Waals surface area contributed by atoms with E-state index in [0.717, 1.165) is 17.0 Å². The third-order valence-corrected chi connectivity index (χ3v) is 5.11. The number of aliphatic hydroxyl groups excluding tert-OH is 1. The molecule has 30 heavy (non-hydrogen) atoms. The van der Waals surface area contributed by atoms with Gasteiger partial charge in [0, 0.05) is 22.8 Å². The van der Waals surface area contributed by atoms with Crippen molar-refractivity contribution in [3.63, 3.8) is 0 Å². The molecule has 0 spiro atoms. The van der Waals surface area contributed by atoms with Gasteiger partial charge in [-0.2, -0.15) is 13.2 Å². The summed E-state index contributed by atoms with van der Waals surface area (Å²) in [5.74, 6) is -0.826. The lowest BCUT2D eigenvalue weighted by atomic mass is 10.0. The molecule has 1 aromatic carbocycles. The second-order valence-electron chi connectivity index (χ2n) is 6.55. The Balaban J connectivity index is 1.83. The Bertz CT molecular complexity index is 1050. The Morgan fingerprint density at radius 1 is 1.27 bits per heavy atom. The predicted octanol–water partition coefficient (Wildman–Crippen LogP) is 5.33. The molecule has 8 heteroatoms. The van der Waals surface area contributed by atoms with E-state index in [4.69, 9.17) is 4.74 Å². The smallest absolute Gasteiger partial charge is 0.416 e. The van der Waals surface area contributed by atoms with Gasteiger partial charge in [0.15, 0.2) is 0 Å². The van der Waals surface area contributed by atoms with E-state index in [0.29, 0.717) is 11.1 Å². The van der Waals surface area contributed by atoms with Crippen molar-refractivity contribution in [2.24, 2.45) is 0 Å². The van der Waals surface area contributed by atoms with Crippen LogP contribution in [0, 0.1) is 6.92 Å². The van der Waals surface area contributed by atoms with Crippen LogP contribution in [0.15, 0.2) is 65.8 Å². The number of thiophene rings is 1. The Morgan fingerprint density at radius 3 is 2.70 bits per heavy atom. The van der Waals surface area contributed by atoms with E-state index in [1.165, 1.54) is 41.9 Å². The van der Waals surface area contributed by atoms with Crippen molar-refractivity contribution < 1.29 is 27.8 Å². The Kier molecular flexibility index (Phi) is 6.69. The van der Waals surface area contributed by atoms with E-state index in [-0.39, 0.29) is 17.7 Å². The summed E-state index contributed by atoms with van der Waals surface area (Å²) in [5, 5.41) is 12.5. The van der Waals surface area contributed by atoms with Crippen molar-refractivity contribution in [1.29, 1.82) is 0 Å². The van der Waals surface area contributed by atoms with Crippen LogP contribution in [0.2, 0.25) is 0 Å². The van der Waals surface area contributed by atoms with Gasteiger partial charge in [-0.25, -0.2) is 4.79 Å². The molecule has 0 radical (unpaired) electrons. The van der Waals surface area contributed by atoms with Crippen molar-refractivity contribution in [2.75, 3.05) is 0 Å². The zero-order valence-corrected chi connectivity index (χ0v) is 16.7. The van der Waals surface area contributed by atoms with E-state index in [1.807, 2.05) is 18.4 Å². The average molecular weight is 433 g/mol. The van der Waals surface area contributed by atoms with Crippen molar-refractivity contribution in [3.05, 3.63) is 92.9 Å². The molecular weight excluding hydrogens is 415 g/mol. The normalized spacial score (nSPS) is 13.2. The molecule has 0 aliphatic carbocycles. The summed E-state index contributed by atoms with van der Waals surface area (Å²) in [4.78, 5) is 17.7. The third-order valence-electron chi connectivity index (χ3n) is 4.23. The van der Waals surface area contributed by atoms with E-state index >= 15 is 0 Å². The lowest BCUT2D eigenvalue weighted by Crippen LogP contribution is -2.15. The second-order valence-corrected chi connectivity index (χ2v) is 7.67. The topological polar surface area (TPSA) is 59.4 Å². The van der Waals surface area contributed by atoms with Crippen LogP contribution in [0.4, 0.5) is 13.2 Å². The Morgan fingerprint density at radius 2 is 2.07 bits per heavy atom. The molecule has 2 aromatic heterocycles. The monoisotopic (exact) mass is 433 g/mol. The molecule has 0 saturated heterocycles. The largest absolute Gasteiger partial charge is 0.457 e. The average Bonchev–Trinajstić information content (AvgIpc) is 3.15. The van der Waals surface area contributed by atoms with Crippen LogP contribution in [0.1, 0.15) is 33.2 Å². The molecule has 2 heterocycles. The number of rotatable bonds is 6. The van der Waals surface area contributed by atoms with Crippen LogP contribution in [-0.2, 0) is 22.3 Å².